The molecule has 0 aliphatic heterocycles. The number of fused-ring (bicyclic) bond motifs is 3. The second kappa shape index (κ2) is 7.43. The largest absolute Gasteiger partial charge is 0.325 e. The Bertz CT molecular complexity index is 1160. The van der Waals surface area contributed by atoms with E-state index in [0.717, 1.165) is 34.5 Å². The molecule has 1 aliphatic rings. The standard InChI is InChI=1S/C18H18N4O3S3/c1-10(16(23)22-11-5-7-12(8-6-11)28(19,24)25)26-17-15-13-3-2-4-14(13)27-18(15)21-9-20-17/h5-10H,2-4H2,1H3,(H,22,23)(H2,19,24,25)/t10-/m1/s1. The highest BCUT2D eigenvalue weighted by atomic mass is 32.2. The van der Waals surface area contributed by atoms with Crippen LogP contribution < -0.4 is 10.5 Å². The normalized spacial score (nSPS) is 14.8. The second-order valence-corrected chi connectivity index (χ2v) is 10.5. The molecule has 2 aromatic heterocycles. The number of carbonyl (C=O) groups excluding carboxylic acids is 1. The molecule has 7 nitrogen and oxygen atoms in total. The zero-order valence-corrected chi connectivity index (χ0v) is 17.5. The van der Waals surface area contributed by atoms with Gasteiger partial charge >= 0.3 is 0 Å². The van der Waals surface area contributed by atoms with Crippen LogP contribution in [0.25, 0.3) is 10.2 Å². The third-order valence-electron chi connectivity index (χ3n) is 4.57. The van der Waals surface area contributed by atoms with Crippen molar-refractivity contribution in [3.05, 3.63) is 41.0 Å². The first kappa shape index (κ1) is 19.3. The van der Waals surface area contributed by atoms with Crippen molar-refractivity contribution in [2.75, 3.05) is 5.32 Å². The molecule has 3 N–H and O–H groups in total. The van der Waals surface area contributed by atoms with Gasteiger partial charge in [-0.3, -0.25) is 4.79 Å². The van der Waals surface area contributed by atoms with Crippen molar-refractivity contribution in [2.45, 2.75) is 41.4 Å². The molecule has 0 radical (unpaired) electrons. The number of carbonyl (C=O) groups is 1. The lowest BCUT2D eigenvalue weighted by molar-refractivity contribution is -0.115. The minimum absolute atomic E-state index is 0.00242. The van der Waals surface area contributed by atoms with Crippen LogP contribution in [-0.2, 0) is 27.7 Å². The molecule has 0 bridgehead atoms. The Kier molecular flexibility index (Phi) is 5.13. The molecule has 0 fully saturated rings. The van der Waals surface area contributed by atoms with Gasteiger partial charge in [0.1, 0.15) is 16.2 Å². The number of nitrogens with one attached hydrogen (secondary N) is 1. The summed E-state index contributed by atoms with van der Waals surface area (Å²) in [5.74, 6) is -0.188. The lowest BCUT2D eigenvalue weighted by atomic mass is 10.2. The van der Waals surface area contributed by atoms with Gasteiger partial charge in [0.15, 0.2) is 0 Å². The molecule has 146 valence electrons. The molecule has 10 heteroatoms. The van der Waals surface area contributed by atoms with Gasteiger partial charge < -0.3 is 5.32 Å². The zero-order valence-electron chi connectivity index (χ0n) is 15.0. The van der Waals surface area contributed by atoms with Gasteiger partial charge in [-0.05, 0) is 56.0 Å². The van der Waals surface area contributed by atoms with Gasteiger partial charge in [0, 0.05) is 16.0 Å². The maximum Gasteiger partial charge on any atom is 0.238 e. The Morgan fingerprint density at radius 2 is 2.00 bits per heavy atom. The van der Waals surface area contributed by atoms with E-state index in [1.807, 2.05) is 6.92 Å². The van der Waals surface area contributed by atoms with Crippen molar-refractivity contribution < 1.29 is 13.2 Å². The topological polar surface area (TPSA) is 115 Å². The fourth-order valence-corrected chi connectivity index (χ4v) is 5.94. The van der Waals surface area contributed by atoms with Crippen LogP contribution in [-0.4, -0.2) is 29.5 Å². The summed E-state index contributed by atoms with van der Waals surface area (Å²) in [6.45, 7) is 1.82. The number of hydrogen-bond donors (Lipinski definition) is 2. The van der Waals surface area contributed by atoms with E-state index >= 15 is 0 Å². The van der Waals surface area contributed by atoms with E-state index in [1.54, 1.807) is 17.7 Å². The number of anilines is 1. The van der Waals surface area contributed by atoms with Gasteiger partial charge in [-0.1, -0.05) is 11.8 Å². The van der Waals surface area contributed by atoms with E-state index in [-0.39, 0.29) is 16.1 Å². The van der Waals surface area contributed by atoms with Crippen molar-refractivity contribution in [3.63, 3.8) is 0 Å². The molecule has 1 atom stereocenters. The predicted octanol–water partition coefficient (Wildman–Crippen LogP) is 2.95. The summed E-state index contributed by atoms with van der Waals surface area (Å²) in [5.41, 5.74) is 1.84. The maximum atomic E-state index is 12.6. The summed E-state index contributed by atoms with van der Waals surface area (Å²) in [6, 6.07) is 5.77. The Hall–Kier alpha value is -2.01. The summed E-state index contributed by atoms with van der Waals surface area (Å²) in [6.07, 6.45) is 4.83. The number of nitrogens with two attached hydrogens (primary N) is 1. The van der Waals surface area contributed by atoms with E-state index in [9.17, 15) is 13.2 Å². The molecular weight excluding hydrogens is 416 g/mol. The number of amides is 1. The van der Waals surface area contributed by atoms with Crippen LogP contribution in [0.1, 0.15) is 23.8 Å². The van der Waals surface area contributed by atoms with E-state index < -0.39 is 10.0 Å². The second-order valence-electron chi connectivity index (χ2n) is 6.54. The number of hydrogen-bond acceptors (Lipinski definition) is 7. The monoisotopic (exact) mass is 434 g/mol. The fourth-order valence-electron chi connectivity index (χ4n) is 3.18. The first-order chi connectivity index (χ1) is 13.3. The summed E-state index contributed by atoms with van der Waals surface area (Å²) < 4.78 is 22.6. The molecule has 0 spiro atoms. The molecule has 28 heavy (non-hydrogen) atoms. The first-order valence-electron chi connectivity index (χ1n) is 8.68. The van der Waals surface area contributed by atoms with Crippen LogP contribution >= 0.6 is 23.1 Å². The number of thioether (sulfide) groups is 1. The predicted molar refractivity (Wildman–Crippen MR) is 111 cm³/mol. The Morgan fingerprint density at radius 3 is 2.71 bits per heavy atom. The van der Waals surface area contributed by atoms with E-state index in [0.29, 0.717) is 5.69 Å². The van der Waals surface area contributed by atoms with Gasteiger partial charge in [0.2, 0.25) is 15.9 Å². The Balaban J connectivity index is 1.50. The highest BCUT2D eigenvalue weighted by molar-refractivity contribution is 8.00. The summed E-state index contributed by atoms with van der Waals surface area (Å²) in [4.78, 5) is 23.8. The van der Waals surface area contributed by atoms with Crippen molar-refractivity contribution in [3.8, 4) is 0 Å². The molecule has 1 aromatic carbocycles. The van der Waals surface area contributed by atoms with E-state index in [4.69, 9.17) is 5.14 Å². The number of aryl methyl sites for hydroxylation is 2. The highest BCUT2D eigenvalue weighted by Crippen LogP contribution is 2.40. The fraction of sp³-hybridized carbons (Fsp3) is 0.278. The molecule has 0 saturated carbocycles. The summed E-state index contributed by atoms with van der Waals surface area (Å²) in [7, 11) is -3.76. The van der Waals surface area contributed by atoms with Gasteiger partial charge in [-0.2, -0.15) is 0 Å². The average molecular weight is 435 g/mol. The SMILES string of the molecule is C[C@@H](Sc1ncnc2sc3c(c12)CCC3)C(=O)Nc1ccc(S(N)(=O)=O)cc1. The Labute approximate surface area is 170 Å². The van der Waals surface area contributed by atoms with Gasteiger partial charge in [-0.15, -0.1) is 11.3 Å². The Morgan fingerprint density at radius 1 is 1.25 bits per heavy atom. The van der Waals surface area contributed by atoms with Crippen molar-refractivity contribution in [1.82, 2.24) is 9.97 Å². The minimum Gasteiger partial charge on any atom is -0.325 e. The van der Waals surface area contributed by atoms with Crippen LogP contribution in [0.2, 0.25) is 0 Å². The molecule has 0 unspecified atom stereocenters. The molecule has 2 heterocycles. The number of benzene rings is 1. The molecule has 3 aromatic rings. The molecular formula is C18H18N4O3S3. The van der Waals surface area contributed by atoms with Crippen molar-refractivity contribution in [1.29, 1.82) is 0 Å². The number of primary sulfonamides is 1. The van der Waals surface area contributed by atoms with Crippen LogP contribution in [0.15, 0.2) is 40.5 Å². The van der Waals surface area contributed by atoms with Crippen LogP contribution in [0.5, 0.6) is 0 Å². The van der Waals surface area contributed by atoms with Crippen LogP contribution in [0.3, 0.4) is 0 Å². The zero-order chi connectivity index (χ0) is 19.9. The number of rotatable bonds is 5. The quantitative estimate of drug-likeness (QED) is 0.471. The number of aromatic nitrogens is 2. The lowest BCUT2D eigenvalue weighted by Gasteiger charge is -2.12. The number of nitrogens with zero attached hydrogens (tertiary/aromatic N) is 2. The maximum absolute atomic E-state index is 12.6. The summed E-state index contributed by atoms with van der Waals surface area (Å²) >= 11 is 3.12. The summed E-state index contributed by atoms with van der Waals surface area (Å²) in [5, 5.41) is 9.42. The average Bonchev–Trinajstić information content (AvgIpc) is 3.22. The minimum atomic E-state index is -3.76. The lowest BCUT2D eigenvalue weighted by Crippen LogP contribution is -2.22. The third kappa shape index (κ3) is 3.77. The number of sulfonamides is 1. The molecule has 0 saturated heterocycles. The van der Waals surface area contributed by atoms with Crippen LogP contribution in [0, 0.1) is 0 Å². The van der Waals surface area contributed by atoms with Gasteiger partial charge in [-0.25, -0.2) is 23.5 Å². The smallest absolute Gasteiger partial charge is 0.238 e. The van der Waals surface area contributed by atoms with Gasteiger partial charge in [0.05, 0.1) is 10.1 Å². The van der Waals surface area contributed by atoms with Crippen molar-refractivity contribution in [2.24, 2.45) is 5.14 Å². The highest BCUT2D eigenvalue weighted by Gasteiger charge is 2.24. The first-order valence-corrected chi connectivity index (χ1v) is 11.9. The van der Waals surface area contributed by atoms with Gasteiger partial charge in [0.25, 0.3) is 0 Å². The molecule has 1 aliphatic carbocycles. The van der Waals surface area contributed by atoms with E-state index in [2.05, 4.69) is 15.3 Å². The van der Waals surface area contributed by atoms with E-state index in [1.165, 1.54) is 46.5 Å². The van der Waals surface area contributed by atoms with Crippen molar-refractivity contribution >= 4 is 54.9 Å². The number of thiophene rings is 1. The molecule has 4 rings (SSSR count). The third-order valence-corrected chi connectivity index (χ3v) is 7.80. The molecule has 1 amide bonds. The van der Waals surface area contributed by atoms with Crippen LogP contribution in [0.4, 0.5) is 5.69 Å².